The van der Waals surface area contributed by atoms with Crippen molar-refractivity contribution >= 4 is 23.1 Å². The van der Waals surface area contributed by atoms with Gasteiger partial charge in [0, 0.05) is 6.54 Å². The highest BCUT2D eigenvalue weighted by Gasteiger charge is 2.25. The molecule has 0 unspecified atom stereocenters. The molecule has 3 aromatic rings. The first-order valence-corrected chi connectivity index (χ1v) is 9.76. The number of fused-ring (bicyclic) bond motifs is 1. The summed E-state index contributed by atoms with van der Waals surface area (Å²) < 4.78 is 29.4. The zero-order chi connectivity index (χ0) is 22.8. The van der Waals surface area contributed by atoms with Gasteiger partial charge in [0.2, 0.25) is 5.75 Å². The van der Waals surface area contributed by atoms with E-state index < -0.39 is 0 Å². The van der Waals surface area contributed by atoms with Gasteiger partial charge in [0.05, 0.1) is 14.2 Å². The Morgan fingerprint density at radius 3 is 2.53 bits per heavy atom. The van der Waals surface area contributed by atoms with Gasteiger partial charge < -0.3 is 24.3 Å². The Bertz CT molecular complexity index is 1220. The first-order chi connectivity index (χ1) is 15.4. The van der Waals surface area contributed by atoms with Gasteiger partial charge in [-0.05, 0) is 70.7 Å². The molecule has 7 nitrogen and oxygen atoms in total. The second-order valence-corrected chi connectivity index (χ2v) is 7.18. The van der Waals surface area contributed by atoms with Crippen LogP contribution in [-0.2, 0) is 0 Å². The fourth-order valence-corrected chi connectivity index (χ4v) is 3.73. The minimum Gasteiger partial charge on any atom is -0.502 e. The van der Waals surface area contributed by atoms with Crippen LogP contribution in [0.4, 0.5) is 4.39 Å². The van der Waals surface area contributed by atoms with Crippen molar-refractivity contribution in [3.05, 3.63) is 76.8 Å². The Kier molecular flexibility index (Phi) is 5.68. The topological polar surface area (TPSA) is 93.8 Å². The lowest BCUT2D eigenvalue weighted by Gasteiger charge is -2.11. The molecule has 1 aliphatic rings. The third kappa shape index (κ3) is 3.82. The number of nitrogens with one attached hydrogen (secondary N) is 1. The number of carbonyl (C=O) groups is 1. The van der Waals surface area contributed by atoms with E-state index in [1.54, 1.807) is 18.2 Å². The number of carbonyl (C=O) groups excluding carboxylic acids is 1. The van der Waals surface area contributed by atoms with Crippen LogP contribution in [0.3, 0.4) is 0 Å². The van der Waals surface area contributed by atoms with Crippen molar-refractivity contribution in [1.82, 2.24) is 10.3 Å². The van der Waals surface area contributed by atoms with E-state index in [0.29, 0.717) is 5.56 Å². The molecule has 0 radical (unpaired) electrons. The number of oxazole rings is 1. The molecule has 2 N–H and O–H groups in total. The number of aromatic nitrogens is 1. The number of ether oxygens (including phenoxy) is 2. The Balaban J connectivity index is 1.75. The average Bonchev–Trinajstić information content (AvgIpc) is 3.41. The van der Waals surface area contributed by atoms with E-state index in [1.807, 2.05) is 13.0 Å². The molecule has 2 aromatic carbocycles. The van der Waals surface area contributed by atoms with Crippen LogP contribution in [-0.4, -0.2) is 36.8 Å². The van der Waals surface area contributed by atoms with Crippen LogP contribution < -0.4 is 14.8 Å². The standard InChI is InChI=1S/C24H21FN2O5/c1-13-17(6-14-7-21(30-2)23(28)22(8-14)31-3)16-5-4-15(25)9-18(16)19(13)10-26-24(29)20-11-32-12-27-20/h4-9,11-12,28H,10H2,1-3H3,(H,26,29). The van der Waals surface area contributed by atoms with Crippen molar-refractivity contribution in [2.45, 2.75) is 6.92 Å². The zero-order valence-corrected chi connectivity index (χ0v) is 17.7. The largest absolute Gasteiger partial charge is 0.502 e. The molecule has 164 valence electrons. The molecule has 1 heterocycles. The minimum absolute atomic E-state index is 0.0884. The van der Waals surface area contributed by atoms with Crippen molar-refractivity contribution < 1.29 is 28.2 Å². The molecule has 1 aromatic heterocycles. The first-order valence-electron chi connectivity index (χ1n) is 9.76. The summed E-state index contributed by atoms with van der Waals surface area (Å²) in [5.74, 6) is -0.298. The monoisotopic (exact) mass is 436 g/mol. The third-order valence-corrected chi connectivity index (χ3v) is 5.36. The Morgan fingerprint density at radius 2 is 1.91 bits per heavy atom. The SMILES string of the molecule is COc1cc(C=C2C(C)=C(CNC(=O)c3cocn3)c3cc(F)ccc32)cc(OC)c1O. The number of hydrogen-bond acceptors (Lipinski definition) is 6. The maximum atomic E-state index is 14.1. The molecule has 0 fully saturated rings. The summed E-state index contributed by atoms with van der Waals surface area (Å²) in [6.45, 7) is 2.10. The Labute approximate surface area is 183 Å². The molecule has 0 spiro atoms. The van der Waals surface area contributed by atoms with E-state index in [1.165, 1.54) is 39.0 Å². The van der Waals surface area contributed by atoms with Crippen LogP contribution in [0.1, 0.15) is 34.1 Å². The van der Waals surface area contributed by atoms with Crippen molar-refractivity contribution in [3.63, 3.8) is 0 Å². The van der Waals surface area contributed by atoms with Crippen LogP contribution >= 0.6 is 0 Å². The number of amides is 1. The molecule has 0 saturated heterocycles. The number of halogens is 1. The van der Waals surface area contributed by atoms with Gasteiger partial charge in [0.25, 0.3) is 5.91 Å². The van der Waals surface area contributed by atoms with E-state index in [2.05, 4.69) is 10.3 Å². The van der Waals surface area contributed by atoms with E-state index in [0.717, 1.165) is 27.8 Å². The van der Waals surface area contributed by atoms with Crippen molar-refractivity contribution in [2.24, 2.45) is 0 Å². The third-order valence-electron chi connectivity index (χ3n) is 5.36. The van der Waals surface area contributed by atoms with Crippen molar-refractivity contribution in [3.8, 4) is 17.2 Å². The molecule has 0 saturated carbocycles. The molecular weight excluding hydrogens is 415 g/mol. The van der Waals surface area contributed by atoms with Gasteiger partial charge in [-0.1, -0.05) is 6.07 Å². The second-order valence-electron chi connectivity index (χ2n) is 7.18. The van der Waals surface area contributed by atoms with Gasteiger partial charge in [-0.3, -0.25) is 4.79 Å². The lowest BCUT2D eigenvalue weighted by atomic mass is 10.00. The molecule has 0 atom stereocenters. The number of rotatable bonds is 6. The highest BCUT2D eigenvalue weighted by atomic mass is 19.1. The van der Waals surface area contributed by atoms with Crippen molar-refractivity contribution in [2.75, 3.05) is 20.8 Å². The zero-order valence-electron chi connectivity index (χ0n) is 17.7. The lowest BCUT2D eigenvalue weighted by molar-refractivity contribution is 0.0953. The molecule has 32 heavy (non-hydrogen) atoms. The number of hydrogen-bond donors (Lipinski definition) is 2. The van der Waals surface area contributed by atoms with Crippen molar-refractivity contribution in [1.29, 1.82) is 0 Å². The van der Waals surface area contributed by atoms with Crippen LogP contribution in [0.5, 0.6) is 17.2 Å². The van der Waals surface area contributed by atoms with E-state index in [9.17, 15) is 14.3 Å². The van der Waals surface area contributed by atoms with E-state index in [-0.39, 0.29) is 41.2 Å². The molecule has 1 amide bonds. The summed E-state index contributed by atoms with van der Waals surface area (Å²) in [5, 5.41) is 13.0. The number of allylic oxidation sites excluding steroid dienone is 2. The quantitative estimate of drug-likeness (QED) is 0.599. The Morgan fingerprint density at radius 1 is 1.19 bits per heavy atom. The number of phenols is 1. The molecular formula is C24H21FN2O5. The van der Waals surface area contributed by atoms with Gasteiger partial charge in [-0.15, -0.1) is 0 Å². The number of nitrogens with zero attached hydrogens (tertiary/aromatic N) is 1. The van der Waals surface area contributed by atoms with Gasteiger partial charge in [0.1, 0.15) is 12.1 Å². The predicted molar refractivity (Wildman–Crippen MR) is 117 cm³/mol. The summed E-state index contributed by atoms with van der Waals surface area (Å²) >= 11 is 0. The number of methoxy groups -OCH3 is 2. The lowest BCUT2D eigenvalue weighted by Crippen LogP contribution is -2.25. The van der Waals surface area contributed by atoms with Crippen LogP contribution in [0.15, 0.2) is 53.0 Å². The molecule has 0 aliphatic heterocycles. The molecule has 8 heteroatoms. The molecule has 4 rings (SSSR count). The van der Waals surface area contributed by atoms with Crippen LogP contribution in [0.2, 0.25) is 0 Å². The Hall–Kier alpha value is -4.07. The number of benzene rings is 2. The summed E-state index contributed by atoms with van der Waals surface area (Å²) in [5.41, 5.74) is 4.97. The van der Waals surface area contributed by atoms with E-state index in [4.69, 9.17) is 13.9 Å². The summed E-state index contributed by atoms with van der Waals surface area (Å²) in [6, 6.07) is 7.93. The fourth-order valence-electron chi connectivity index (χ4n) is 3.73. The molecule has 0 bridgehead atoms. The van der Waals surface area contributed by atoms with Gasteiger partial charge >= 0.3 is 0 Å². The number of phenolic OH excluding ortho intramolecular Hbond substituents is 1. The average molecular weight is 436 g/mol. The van der Waals surface area contributed by atoms with Gasteiger partial charge in [0.15, 0.2) is 23.6 Å². The predicted octanol–water partition coefficient (Wildman–Crippen LogP) is 4.29. The van der Waals surface area contributed by atoms with Gasteiger partial charge in [-0.25, -0.2) is 9.37 Å². The smallest absolute Gasteiger partial charge is 0.273 e. The van der Waals surface area contributed by atoms with Gasteiger partial charge in [-0.2, -0.15) is 0 Å². The first kappa shape index (κ1) is 21.2. The van der Waals surface area contributed by atoms with Crippen LogP contribution in [0.25, 0.3) is 17.2 Å². The highest BCUT2D eigenvalue weighted by Crippen LogP contribution is 2.44. The molecule has 1 aliphatic carbocycles. The normalized spacial score (nSPS) is 13.9. The second kappa shape index (κ2) is 8.58. The van der Waals surface area contributed by atoms with Crippen LogP contribution in [0, 0.1) is 5.82 Å². The highest BCUT2D eigenvalue weighted by molar-refractivity contribution is 6.06. The maximum Gasteiger partial charge on any atom is 0.273 e. The summed E-state index contributed by atoms with van der Waals surface area (Å²) in [6.07, 6.45) is 4.35. The van der Waals surface area contributed by atoms with E-state index >= 15 is 0 Å². The summed E-state index contributed by atoms with van der Waals surface area (Å²) in [7, 11) is 2.92. The minimum atomic E-state index is -0.387. The maximum absolute atomic E-state index is 14.1. The summed E-state index contributed by atoms with van der Waals surface area (Å²) in [4.78, 5) is 16.1. The number of aromatic hydroxyl groups is 1. The fraction of sp³-hybridized carbons (Fsp3) is 0.167.